The van der Waals surface area contributed by atoms with Gasteiger partial charge in [0.15, 0.2) is 0 Å². The Morgan fingerprint density at radius 1 is 1.47 bits per heavy atom. The van der Waals surface area contributed by atoms with Crippen LogP contribution in [0.15, 0.2) is 24.4 Å². The first kappa shape index (κ1) is 11.6. The van der Waals surface area contributed by atoms with Crippen LogP contribution in [-0.2, 0) is 6.54 Å². The van der Waals surface area contributed by atoms with Crippen LogP contribution < -0.4 is 0 Å². The van der Waals surface area contributed by atoms with Gasteiger partial charge in [-0.15, -0.1) is 0 Å². The number of rotatable bonds is 4. The summed E-state index contributed by atoms with van der Waals surface area (Å²) in [6, 6.07) is 5.10. The van der Waals surface area contributed by atoms with Crippen LogP contribution in [0.3, 0.4) is 0 Å². The first-order valence-electron chi connectivity index (χ1n) is 5.77. The molecule has 17 heavy (non-hydrogen) atoms. The fraction of sp³-hybridized carbons (Fsp3) is 0.385. The molecule has 0 aliphatic heterocycles. The predicted octanol–water partition coefficient (Wildman–Crippen LogP) is 2.78. The first-order chi connectivity index (χ1) is 8.08. The van der Waals surface area contributed by atoms with Crippen molar-refractivity contribution in [2.45, 2.75) is 26.8 Å². The summed E-state index contributed by atoms with van der Waals surface area (Å²) >= 11 is 0. The molecule has 4 heteroatoms. The van der Waals surface area contributed by atoms with Crippen LogP contribution in [0.25, 0.3) is 10.9 Å². The highest BCUT2D eigenvalue weighted by atomic mass is 16.4. The van der Waals surface area contributed by atoms with Crippen LogP contribution in [0.5, 0.6) is 0 Å². The summed E-state index contributed by atoms with van der Waals surface area (Å²) < 4.78 is 1.88. The minimum absolute atomic E-state index is 0.309. The van der Waals surface area contributed by atoms with Crippen LogP contribution in [0.4, 0.5) is 0 Å². The number of benzene rings is 1. The number of aryl methyl sites for hydroxylation is 1. The van der Waals surface area contributed by atoms with Crippen molar-refractivity contribution in [3.63, 3.8) is 0 Å². The molecule has 0 amide bonds. The largest absolute Gasteiger partial charge is 0.478 e. The molecule has 2 aromatic rings. The van der Waals surface area contributed by atoms with Crippen LogP contribution in [0.2, 0.25) is 0 Å². The predicted molar refractivity (Wildman–Crippen MR) is 66.1 cm³/mol. The van der Waals surface area contributed by atoms with Crippen molar-refractivity contribution in [3.05, 3.63) is 30.0 Å². The maximum absolute atomic E-state index is 10.9. The van der Waals surface area contributed by atoms with Gasteiger partial charge in [-0.2, -0.15) is 5.10 Å². The molecule has 1 aromatic carbocycles. The highest BCUT2D eigenvalue weighted by Gasteiger charge is 2.08. The Morgan fingerprint density at radius 3 is 2.88 bits per heavy atom. The van der Waals surface area contributed by atoms with Gasteiger partial charge in [0, 0.05) is 11.9 Å². The van der Waals surface area contributed by atoms with Gasteiger partial charge in [-0.1, -0.05) is 19.9 Å². The number of hydrogen-bond acceptors (Lipinski definition) is 2. The third-order valence-electron chi connectivity index (χ3n) is 2.81. The van der Waals surface area contributed by atoms with E-state index >= 15 is 0 Å². The SMILES string of the molecule is CC(C)CCn1ncc2ccc(C(=O)O)cc21. The van der Waals surface area contributed by atoms with Crippen molar-refractivity contribution in [2.24, 2.45) is 5.92 Å². The molecule has 90 valence electrons. The van der Waals surface area contributed by atoms with Crippen LogP contribution in [0, 0.1) is 5.92 Å². The fourth-order valence-electron chi connectivity index (χ4n) is 1.76. The molecule has 0 saturated heterocycles. The number of carboxylic acid groups (broad SMARTS) is 1. The summed E-state index contributed by atoms with van der Waals surface area (Å²) in [5, 5.41) is 14.2. The Balaban J connectivity index is 2.36. The Labute approximate surface area is 99.9 Å². The van der Waals surface area contributed by atoms with Gasteiger partial charge in [-0.3, -0.25) is 4.68 Å². The Morgan fingerprint density at radius 2 is 2.24 bits per heavy atom. The molecular weight excluding hydrogens is 216 g/mol. The number of carboxylic acids is 1. The molecule has 0 bridgehead atoms. The molecule has 0 radical (unpaired) electrons. The van der Waals surface area contributed by atoms with Gasteiger partial charge in [0.05, 0.1) is 17.3 Å². The monoisotopic (exact) mass is 232 g/mol. The molecule has 0 aliphatic rings. The van der Waals surface area contributed by atoms with Crippen LogP contribution >= 0.6 is 0 Å². The normalized spacial score (nSPS) is 11.2. The number of nitrogens with zero attached hydrogens (tertiary/aromatic N) is 2. The lowest BCUT2D eigenvalue weighted by molar-refractivity contribution is 0.0697. The van der Waals surface area contributed by atoms with Gasteiger partial charge in [0.1, 0.15) is 0 Å². The second-order valence-corrected chi connectivity index (χ2v) is 4.63. The van der Waals surface area contributed by atoms with E-state index in [1.54, 1.807) is 24.4 Å². The molecule has 0 unspecified atom stereocenters. The van der Waals surface area contributed by atoms with E-state index in [1.807, 2.05) is 4.68 Å². The summed E-state index contributed by atoms with van der Waals surface area (Å²) in [5.74, 6) is -0.291. The number of aromatic carboxylic acids is 1. The molecule has 0 spiro atoms. The highest BCUT2D eigenvalue weighted by Crippen LogP contribution is 2.17. The van der Waals surface area contributed by atoms with E-state index in [0.717, 1.165) is 23.9 Å². The fourth-order valence-corrected chi connectivity index (χ4v) is 1.76. The van der Waals surface area contributed by atoms with E-state index in [0.29, 0.717) is 11.5 Å². The van der Waals surface area contributed by atoms with Gasteiger partial charge >= 0.3 is 5.97 Å². The van der Waals surface area contributed by atoms with Crippen molar-refractivity contribution in [1.82, 2.24) is 9.78 Å². The molecule has 0 aliphatic carbocycles. The summed E-state index contributed by atoms with van der Waals surface area (Å²) in [4.78, 5) is 10.9. The molecule has 1 N–H and O–H groups in total. The van der Waals surface area contributed by atoms with Crippen molar-refractivity contribution in [2.75, 3.05) is 0 Å². The van der Waals surface area contributed by atoms with Crippen molar-refractivity contribution >= 4 is 16.9 Å². The van der Waals surface area contributed by atoms with Gasteiger partial charge in [0.25, 0.3) is 0 Å². The second kappa shape index (κ2) is 4.57. The Hall–Kier alpha value is -1.84. The molecule has 0 fully saturated rings. The van der Waals surface area contributed by atoms with Gasteiger partial charge < -0.3 is 5.11 Å². The summed E-state index contributed by atoms with van der Waals surface area (Å²) in [6.45, 7) is 5.15. The lowest BCUT2D eigenvalue weighted by Crippen LogP contribution is -2.03. The van der Waals surface area contributed by atoms with Crippen molar-refractivity contribution < 1.29 is 9.90 Å². The summed E-state index contributed by atoms with van der Waals surface area (Å²) in [6.07, 6.45) is 2.81. The number of aromatic nitrogens is 2. The smallest absolute Gasteiger partial charge is 0.335 e. The minimum atomic E-state index is -0.900. The lowest BCUT2D eigenvalue weighted by atomic mass is 10.1. The molecule has 1 aromatic heterocycles. The zero-order chi connectivity index (χ0) is 12.4. The van der Waals surface area contributed by atoms with E-state index in [2.05, 4.69) is 18.9 Å². The average Bonchev–Trinajstić information content (AvgIpc) is 2.68. The van der Waals surface area contributed by atoms with Gasteiger partial charge in [-0.25, -0.2) is 4.79 Å². The second-order valence-electron chi connectivity index (χ2n) is 4.63. The highest BCUT2D eigenvalue weighted by molar-refractivity contribution is 5.93. The van der Waals surface area contributed by atoms with E-state index in [4.69, 9.17) is 5.11 Å². The van der Waals surface area contributed by atoms with Crippen LogP contribution in [0.1, 0.15) is 30.6 Å². The summed E-state index contributed by atoms with van der Waals surface area (Å²) in [5.41, 5.74) is 1.20. The average molecular weight is 232 g/mol. The molecule has 0 saturated carbocycles. The lowest BCUT2D eigenvalue weighted by Gasteiger charge is -2.06. The number of fused-ring (bicyclic) bond motifs is 1. The van der Waals surface area contributed by atoms with Crippen LogP contribution in [-0.4, -0.2) is 20.9 Å². The van der Waals surface area contributed by atoms with Crippen molar-refractivity contribution in [1.29, 1.82) is 0 Å². The minimum Gasteiger partial charge on any atom is -0.478 e. The first-order valence-corrected chi connectivity index (χ1v) is 5.77. The van der Waals surface area contributed by atoms with E-state index in [1.165, 1.54) is 0 Å². The van der Waals surface area contributed by atoms with E-state index in [9.17, 15) is 4.79 Å². The third kappa shape index (κ3) is 2.46. The molecule has 2 rings (SSSR count). The molecular formula is C13H16N2O2. The van der Waals surface area contributed by atoms with Gasteiger partial charge in [-0.05, 0) is 24.5 Å². The maximum Gasteiger partial charge on any atom is 0.335 e. The molecule has 1 heterocycles. The van der Waals surface area contributed by atoms with Gasteiger partial charge in [0.2, 0.25) is 0 Å². The Bertz CT molecular complexity index is 543. The number of carbonyl (C=O) groups is 1. The standard InChI is InChI=1S/C13H16N2O2/c1-9(2)5-6-15-12-7-10(13(16)17)3-4-11(12)8-14-15/h3-4,7-9H,5-6H2,1-2H3,(H,16,17). The molecule has 0 atom stereocenters. The summed E-state index contributed by atoms with van der Waals surface area (Å²) in [7, 11) is 0. The van der Waals surface area contributed by atoms with Crippen molar-refractivity contribution in [3.8, 4) is 0 Å². The Kier molecular flexibility index (Phi) is 3.13. The quantitative estimate of drug-likeness (QED) is 0.881. The topological polar surface area (TPSA) is 55.1 Å². The third-order valence-corrected chi connectivity index (χ3v) is 2.81. The van der Waals surface area contributed by atoms with E-state index < -0.39 is 5.97 Å². The maximum atomic E-state index is 10.9. The zero-order valence-corrected chi connectivity index (χ0v) is 10.1. The number of hydrogen-bond donors (Lipinski definition) is 1. The zero-order valence-electron chi connectivity index (χ0n) is 10.1. The molecule has 4 nitrogen and oxygen atoms in total. The van der Waals surface area contributed by atoms with E-state index in [-0.39, 0.29) is 0 Å².